The van der Waals surface area contributed by atoms with Crippen molar-refractivity contribution in [2.45, 2.75) is 6.61 Å². The predicted molar refractivity (Wildman–Crippen MR) is 97.2 cm³/mol. The molecule has 26 heavy (non-hydrogen) atoms. The van der Waals surface area contributed by atoms with E-state index in [2.05, 4.69) is 10.3 Å². The van der Waals surface area contributed by atoms with Crippen molar-refractivity contribution in [1.29, 1.82) is 0 Å². The highest BCUT2D eigenvalue weighted by Gasteiger charge is 2.03. The number of aliphatic hydroxyl groups excluding tert-OH is 1. The minimum Gasteiger partial charge on any atom is -0.489 e. The molecule has 0 atom stereocenters. The Morgan fingerprint density at radius 1 is 0.962 bits per heavy atom. The number of carbonyl (C=O) groups excluding carboxylic acids is 1. The number of amides is 1. The van der Waals surface area contributed by atoms with Gasteiger partial charge in [0.1, 0.15) is 24.7 Å². The van der Waals surface area contributed by atoms with Crippen LogP contribution in [-0.4, -0.2) is 22.6 Å². The fraction of sp³-hybridized carbons (Fsp3) is 0.100. The fourth-order valence-electron chi connectivity index (χ4n) is 2.18. The summed E-state index contributed by atoms with van der Waals surface area (Å²) in [7, 11) is 0. The van der Waals surface area contributed by atoms with Gasteiger partial charge >= 0.3 is 0 Å². The number of nitrogens with one attached hydrogen (secondary N) is 1. The van der Waals surface area contributed by atoms with Crippen molar-refractivity contribution in [3.05, 3.63) is 78.5 Å². The summed E-state index contributed by atoms with van der Waals surface area (Å²) in [5.41, 5.74) is 1.59. The number of hydrogen-bond donors (Lipinski definition) is 2. The molecule has 6 heteroatoms. The lowest BCUT2D eigenvalue weighted by Crippen LogP contribution is -2.15. The smallest absolute Gasteiger partial charge is 0.250 e. The zero-order valence-corrected chi connectivity index (χ0v) is 14.0. The number of benzene rings is 2. The lowest BCUT2D eigenvalue weighted by Gasteiger charge is -2.09. The second kappa shape index (κ2) is 8.64. The third kappa shape index (κ3) is 5.06. The quantitative estimate of drug-likeness (QED) is 0.683. The number of pyridine rings is 1. The van der Waals surface area contributed by atoms with Gasteiger partial charge in [0.05, 0.1) is 11.9 Å². The zero-order valence-electron chi connectivity index (χ0n) is 14.0. The number of nitrogens with zero attached hydrogens (tertiary/aromatic N) is 1. The highest BCUT2D eigenvalue weighted by atomic mass is 16.5. The van der Waals surface area contributed by atoms with E-state index in [1.165, 1.54) is 6.20 Å². The van der Waals surface area contributed by atoms with Gasteiger partial charge in [-0.1, -0.05) is 30.3 Å². The first-order valence-electron chi connectivity index (χ1n) is 8.04. The molecule has 3 aromatic rings. The van der Waals surface area contributed by atoms with E-state index in [0.29, 0.717) is 23.9 Å². The molecule has 1 amide bonds. The van der Waals surface area contributed by atoms with Gasteiger partial charge in [-0.2, -0.15) is 0 Å². The normalized spacial score (nSPS) is 10.2. The van der Waals surface area contributed by atoms with E-state index in [1.54, 1.807) is 24.3 Å². The molecule has 2 N–H and O–H groups in total. The van der Waals surface area contributed by atoms with Crippen LogP contribution in [0.15, 0.2) is 72.9 Å². The molecular weight excluding hydrogens is 332 g/mol. The molecule has 1 heterocycles. The summed E-state index contributed by atoms with van der Waals surface area (Å²) in [6, 6.07) is 20.5. The van der Waals surface area contributed by atoms with Crippen LogP contribution in [0.4, 0.5) is 5.69 Å². The summed E-state index contributed by atoms with van der Waals surface area (Å²) in [5.74, 6) is 1.27. The monoisotopic (exact) mass is 350 g/mol. The van der Waals surface area contributed by atoms with Crippen LogP contribution >= 0.6 is 0 Å². The predicted octanol–water partition coefficient (Wildman–Crippen LogP) is 3.38. The highest BCUT2D eigenvalue weighted by Crippen LogP contribution is 2.23. The number of ether oxygens (including phenoxy) is 2. The number of hydrogen-bond acceptors (Lipinski definition) is 5. The summed E-state index contributed by atoms with van der Waals surface area (Å²) in [6.45, 7) is -0.0689. The summed E-state index contributed by atoms with van der Waals surface area (Å²) in [5, 5.41) is 11.2. The Balaban J connectivity index is 1.54. The van der Waals surface area contributed by atoms with E-state index in [1.807, 2.05) is 42.5 Å². The van der Waals surface area contributed by atoms with Crippen LogP contribution in [0.5, 0.6) is 17.4 Å². The standard InChI is InChI=1S/C20H18N2O4/c23-13-19(24)22-16-6-11-20(21-12-16)26-18-9-7-17(8-10-18)25-14-15-4-2-1-3-5-15/h1-12,23H,13-14H2,(H,22,24). The summed E-state index contributed by atoms with van der Waals surface area (Å²) in [4.78, 5) is 15.2. The van der Waals surface area contributed by atoms with E-state index in [0.717, 1.165) is 11.3 Å². The maximum atomic E-state index is 11.1. The topological polar surface area (TPSA) is 80.7 Å². The molecule has 0 saturated carbocycles. The van der Waals surface area contributed by atoms with Crippen molar-refractivity contribution in [1.82, 2.24) is 4.98 Å². The van der Waals surface area contributed by atoms with Gasteiger partial charge in [0.2, 0.25) is 11.8 Å². The Morgan fingerprint density at radius 3 is 2.35 bits per heavy atom. The van der Waals surface area contributed by atoms with Crippen molar-refractivity contribution >= 4 is 11.6 Å². The van der Waals surface area contributed by atoms with Gasteiger partial charge in [-0.3, -0.25) is 4.79 Å². The number of rotatable bonds is 7. The molecule has 132 valence electrons. The van der Waals surface area contributed by atoms with E-state index in [-0.39, 0.29) is 0 Å². The molecule has 0 aliphatic heterocycles. The largest absolute Gasteiger partial charge is 0.489 e. The molecule has 0 radical (unpaired) electrons. The minimum absolute atomic E-state index is 0.393. The number of aliphatic hydroxyl groups is 1. The van der Waals surface area contributed by atoms with Crippen molar-refractivity contribution in [3.8, 4) is 17.4 Å². The summed E-state index contributed by atoms with van der Waals surface area (Å²) in [6.07, 6.45) is 1.46. The average Bonchev–Trinajstić information content (AvgIpc) is 2.69. The molecule has 0 saturated heterocycles. The van der Waals surface area contributed by atoms with Gasteiger partial charge in [-0.05, 0) is 35.9 Å². The third-order valence-corrected chi connectivity index (χ3v) is 3.46. The molecule has 3 rings (SSSR count). The van der Waals surface area contributed by atoms with Crippen molar-refractivity contribution < 1.29 is 19.4 Å². The van der Waals surface area contributed by atoms with Crippen LogP contribution < -0.4 is 14.8 Å². The summed E-state index contributed by atoms with van der Waals surface area (Å²) >= 11 is 0. The Bertz CT molecular complexity index is 834. The molecule has 0 aliphatic rings. The van der Waals surface area contributed by atoms with Crippen molar-refractivity contribution in [2.75, 3.05) is 11.9 Å². The van der Waals surface area contributed by atoms with Gasteiger partial charge in [0.25, 0.3) is 0 Å². The SMILES string of the molecule is O=C(CO)Nc1ccc(Oc2ccc(OCc3ccccc3)cc2)nc1. The maximum absolute atomic E-state index is 11.1. The molecule has 1 aromatic heterocycles. The second-order valence-electron chi connectivity index (χ2n) is 5.44. The van der Waals surface area contributed by atoms with Crippen LogP contribution in [0.3, 0.4) is 0 Å². The molecule has 0 unspecified atom stereocenters. The summed E-state index contributed by atoms with van der Waals surface area (Å²) < 4.78 is 11.4. The fourth-order valence-corrected chi connectivity index (χ4v) is 2.18. The second-order valence-corrected chi connectivity index (χ2v) is 5.44. The highest BCUT2D eigenvalue weighted by molar-refractivity contribution is 5.91. The maximum Gasteiger partial charge on any atom is 0.250 e. The number of carbonyl (C=O) groups is 1. The molecule has 0 aliphatic carbocycles. The van der Waals surface area contributed by atoms with Gasteiger partial charge in [-0.15, -0.1) is 0 Å². The third-order valence-electron chi connectivity index (χ3n) is 3.46. The Labute approximate surface area is 151 Å². The first-order chi connectivity index (χ1) is 12.7. The van der Waals surface area contributed by atoms with Crippen LogP contribution in [0, 0.1) is 0 Å². The lowest BCUT2D eigenvalue weighted by molar-refractivity contribution is -0.118. The Kier molecular flexibility index (Phi) is 5.80. The molecular formula is C20H18N2O4. The van der Waals surface area contributed by atoms with E-state index >= 15 is 0 Å². The first kappa shape index (κ1) is 17.4. The van der Waals surface area contributed by atoms with E-state index in [9.17, 15) is 4.79 Å². The van der Waals surface area contributed by atoms with E-state index < -0.39 is 12.5 Å². The van der Waals surface area contributed by atoms with Crippen LogP contribution in [-0.2, 0) is 11.4 Å². The first-order valence-corrected chi connectivity index (χ1v) is 8.04. The molecule has 0 bridgehead atoms. The van der Waals surface area contributed by atoms with E-state index in [4.69, 9.17) is 14.6 Å². The molecule has 2 aromatic carbocycles. The molecule has 0 fully saturated rings. The van der Waals surface area contributed by atoms with Crippen LogP contribution in [0.1, 0.15) is 5.56 Å². The van der Waals surface area contributed by atoms with Crippen LogP contribution in [0.25, 0.3) is 0 Å². The number of anilines is 1. The van der Waals surface area contributed by atoms with Crippen LogP contribution in [0.2, 0.25) is 0 Å². The molecule has 6 nitrogen and oxygen atoms in total. The average molecular weight is 350 g/mol. The molecule has 0 spiro atoms. The number of aromatic nitrogens is 1. The van der Waals surface area contributed by atoms with Gasteiger partial charge in [0, 0.05) is 6.07 Å². The zero-order chi connectivity index (χ0) is 18.2. The van der Waals surface area contributed by atoms with Gasteiger partial charge in [0.15, 0.2) is 0 Å². The lowest BCUT2D eigenvalue weighted by atomic mass is 10.2. The van der Waals surface area contributed by atoms with Crippen molar-refractivity contribution in [2.24, 2.45) is 0 Å². The van der Waals surface area contributed by atoms with Crippen molar-refractivity contribution in [3.63, 3.8) is 0 Å². The van der Waals surface area contributed by atoms with Gasteiger partial charge in [-0.25, -0.2) is 4.98 Å². The van der Waals surface area contributed by atoms with Gasteiger partial charge < -0.3 is 19.9 Å². The minimum atomic E-state index is -0.572. The Morgan fingerprint density at radius 2 is 1.69 bits per heavy atom. The Hall–Kier alpha value is -3.38.